The number of rotatable bonds is 6. The van der Waals surface area contributed by atoms with Gasteiger partial charge in [-0.25, -0.2) is 4.79 Å². The molecule has 5 nitrogen and oxygen atoms in total. The Labute approximate surface area is 173 Å². The van der Waals surface area contributed by atoms with E-state index in [1.807, 2.05) is 73.3 Å². The van der Waals surface area contributed by atoms with Crippen LogP contribution in [-0.2, 0) is 4.79 Å². The van der Waals surface area contributed by atoms with Crippen molar-refractivity contribution >= 4 is 17.6 Å². The van der Waals surface area contributed by atoms with E-state index in [0.29, 0.717) is 18.9 Å². The van der Waals surface area contributed by atoms with Crippen LogP contribution in [0.5, 0.6) is 0 Å². The molecule has 0 aromatic heterocycles. The number of carbonyl (C=O) groups excluding carboxylic acids is 2. The van der Waals surface area contributed by atoms with Crippen molar-refractivity contribution in [3.05, 3.63) is 65.7 Å². The summed E-state index contributed by atoms with van der Waals surface area (Å²) in [5, 5.41) is 6.05. The van der Waals surface area contributed by atoms with E-state index in [2.05, 4.69) is 10.6 Å². The SMILES string of the molecule is Cc1ccc(NC(=O)N2CCCC(CCC(=O)NC(C)c3ccccc3)C2)cc1. The minimum absolute atomic E-state index is 0.00633. The van der Waals surface area contributed by atoms with Gasteiger partial charge in [0.1, 0.15) is 0 Å². The molecule has 1 aliphatic rings. The lowest BCUT2D eigenvalue weighted by molar-refractivity contribution is -0.122. The highest BCUT2D eigenvalue weighted by Gasteiger charge is 2.24. The van der Waals surface area contributed by atoms with Crippen molar-refractivity contribution in [2.45, 2.75) is 45.6 Å². The Bertz CT molecular complexity index is 805. The Hall–Kier alpha value is -2.82. The number of piperidine rings is 1. The summed E-state index contributed by atoms with van der Waals surface area (Å²) in [6, 6.07) is 17.8. The van der Waals surface area contributed by atoms with Crippen molar-refractivity contribution in [3.8, 4) is 0 Å². The molecule has 0 saturated carbocycles. The third-order valence-electron chi connectivity index (χ3n) is 5.57. The second kappa shape index (κ2) is 10.1. The monoisotopic (exact) mass is 393 g/mol. The maximum Gasteiger partial charge on any atom is 0.321 e. The number of aryl methyl sites for hydroxylation is 1. The molecule has 3 rings (SSSR count). The van der Waals surface area contributed by atoms with Gasteiger partial charge in [-0.3, -0.25) is 4.79 Å². The number of hydrogen-bond acceptors (Lipinski definition) is 2. The average molecular weight is 394 g/mol. The van der Waals surface area contributed by atoms with E-state index in [-0.39, 0.29) is 18.0 Å². The van der Waals surface area contributed by atoms with Crippen molar-refractivity contribution in [1.29, 1.82) is 0 Å². The van der Waals surface area contributed by atoms with Gasteiger partial charge in [-0.1, -0.05) is 48.0 Å². The molecule has 2 unspecified atom stereocenters. The fourth-order valence-corrected chi connectivity index (χ4v) is 3.80. The van der Waals surface area contributed by atoms with Crippen LogP contribution in [0.15, 0.2) is 54.6 Å². The Morgan fingerprint density at radius 3 is 2.55 bits per heavy atom. The van der Waals surface area contributed by atoms with Crippen LogP contribution >= 0.6 is 0 Å². The lowest BCUT2D eigenvalue weighted by Gasteiger charge is -2.32. The van der Waals surface area contributed by atoms with Crippen LogP contribution in [-0.4, -0.2) is 29.9 Å². The highest BCUT2D eigenvalue weighted by Crippen LogP contribution is 2.22. The number of nitrogens with one attached hydrogen (secondary N) is 2. The molecule has 29 heavy (non-hydrogen) atoms. The van der Waals surface area contributed by atoms with Gasteiger partial charge in [0.15, 0.2) is 0 Å². The number of urea groups is 1. The number of likely N-dealkylation sites (tertiary alicyclic amines) is 1. The first kappa shape index (κ1) is 20.9. The van der Waals surface area contributed by atoms with Gasteiger partial charge in [0.2, 0.25) is 5.91 Å². The molecule has 5 heteroatoms. The Kier molecular flexibility index (Phi) is 7.28. The molecule has 0 radical (unpaired) electrons. The summed E-state index contributed by atoms with van der Waals surface area (Å²) in [5.41, 5.74) is 3.09. The molecule has 1 saturated heterocycles. The lowest BCUT2D eigenvalue weighted by Crippen LogP contribution is -2.42. The van der Waals surface area contributed by atoms with E-state index >= 15 is 0 Å². The van der Waals surface area contributed by atoms with Gasteiger partial charge in [-0.05, 0) is 56.7 Å². The van der Waals surface area contributed by atoms with Crippen LogP contribution in [0.25, 0.3) is 0 Å². The molecule has 2 atom stereocenters. The quantitative estimate of drug-likeness (QED) is 0.733. The van der Waals surface area contributed by atoms with Gasteiger partial charge < -0.3 is 15.5 Å². The molecule has 2 aromatic carbocycles. The Morgan fingerprint density at radius 1 is 1.10 bits per heavy atom. The van der Waals surface area contributed by atoms with E-state index in [1.54, 1.807) is 0 Å². The maximum atomic E-state index is 12.6. The van der Waals surface area contributed by atoms with Crippen LogP contribution in [0.2, 0.25) is 0 Å². The number of anilines is 1. The predicted molar refractivity (Wildman–Crippen MR) is 117 cm³/mol. The molecular formula is C24H31N3O2. The van der Waals surface area contributed by atoms with E-state index in [0.717, 1.165) is 37.1 Å². The zero-order valence-corrected chi connectivity index (χ0v) is 17.4. The molecule has 2 aromatic rings. The molecule has 3 amide bonds. The molecule has 1 heterocycles. The van der Waals surface area contributed by atoms with Crippen molar-refractivity contribution in [2.24, 2.45) is 5.92 Å². The minimum Gasteiger partial charge on any atom is -0.350 e. The highest BCUT2D eigenvalue weighted by molar-refractivity contribution is 5.89. The van der Waals surface area contributed by atoms with Crippen molar-refractivity contribution < 1.29 is 9.59 Å². The van der Waals surface area contributed by atoms with Crippen LogP contribution in [0.3, 0.4) is 0 Å². The van der Waals surface area contributed by atoms with Crippen molar-refractivity contribution in [1.82, 2.24) is 10.2 Å². The summed E-state index contributed by atoms with van der Waals surface area (Å²) >= 11 is 0. The molecule has 0 spiro atoms. The second-order valence-electron chi connectivity index (χ2n) is 7.99. The molecule has 0 aliphatic carbocycles. The molecule has 0 bridgehead atoms. The van der Waals surface area contributed by atoms with Gasteiger partial charge in [-0.2, -0.15) is 0 Å². The van der Waals surface area contributed by atoms with Gasteiger partial charge in [0.25, 0.3) is 0 Å². The minimum atomic E-state index is -0.0549. The van der Waals surface area contributed by atoms with E-state index in [4.69, 9.17) is 0 Å². The van der Waals surface area contributed by atoms with Crippen molar-refractivity contribution in [2.75, 3.05) is 18.4 Å². The second-order valence-corrected chi connectivity index (χ2v) is 7.99. The normalized spacial score (nSPS) is 17.4. The van der Waals surface area contributed by atoms with Crippen molar-refractivity contribution in [3.63, 3.8) is 0 Å². The third-order valence-corrected chi connectivity index (χ3v) is 5.57. The van der Waals surface area contributed by atoms with Gasteiger partial charge in [0, 0.05) is 25.2 Å². The number of carbonyl (C=O) groups is 2. The van der Waals surface area contributed by atoms with E-state index in [1.165, 1.54) is 5.56 Å². The van der Waals surface area contributed by atoms with Crippen LogP contribution < -0.4 is 10.6 Å². The van der Waals surface area contributed by atoms with Gasteiger partial charge >= 0.3 is 6.03 Å². The Morgan fingerprint density at radius 2 is 1.83 bits per heavy atom. The zero-order valence-electron chi connectivity index (χ0n) is 17.4. The summed E-state index contributed by atoms with van der Waals surface area (Å²) in [6.45, 7) is 5.51. The van der Waals surface area contributed by atoms with E-state index in [9.17, 15) is 9.59 Å². The summed E-state index contributed by atoms with van der Waals surface area (Å²) in [7, 11) is 0. The molecule has 2 N–H and O–H groups in total. The summed E-state index contributed by atoms with van der Waals surface area (Å²) in [5.74, 6) is 0.438. The molecule has 1 aliphatic heterocycles. The summed E-state index contributed by atoms with van der Waals surface area (Å²) < 4.78 is 0. The molecule has 1 fully saturated rings. The van der Waals surface area contributed by atoms with Gasteiger partial charge in [0.05, 0.1) is 6.04 Å². The summed E-state index contributed by atoms with van der Waals surface area (Å²) in [6.07, 6.45) is 3.35. The molecular weight excluding hydrogens is 362 g/mol. The number of benzene rings is 2. The summed E-state index contributed by atoms with van der Waals surface area (Å²) in [4.78, 5) is 26.8. The fraction of sp³-hybridized carbons (Fsp3) is 0.417. The number of amides is 3. The average Bonchev–Trinajstić information content (AvgIpc) is 2.74. The third kappa shape index (κ3) is 6.34. The van der Waals surface area contributed by atoms with Crippen LogP contribution in [0.1, 0.15) is 49.8 Å². The first-order valence-electron chi connectivity index (χ1n) is 10.5. The maximum absolute atomic E-state index is 12.6. The largest absolute Gasteiger partial charge is 0.350 e. The first-order chi connectivity index (χ1) is 14.0. The zero-order chi connectivity index (χ0) is 20.6. The highest BCUT2D eigenvalue weighted by atomic mass is 16.2. The standard InChI is InChI=1S/C24H31N3O2/c1-18-10-13-22(14-11-18)26-24(29)27-16-6-7-20(17-27)12-15-23(28)25-19(2)21-8-4-3-5-9-21/h3-5,8-11,13-14,19-20H,6-7,12,15-17H2,1-2H3,(H,25,28)(H,26,29). The number of nitrogens with zero attached hydrogens (tertiary/aromatic N) is 1. The smallest absolute Gasteiger partial charge is 0.321 e. The fourth-order valence-electron chi connectivity index (χ4n) is 3.80. The molecule has 154 valence electrons. The van der Waals surface area contributed by atoms with Crippen LogP contribution in [0.4, 0.5) is 10.5 Å². The predicted octanol–water partition coefficient (Wildman–Crippen LogP) is 4.90. The Balaban J connectivity index is 1.43. The van der Waals surface area contributed by atoms with Crippen LogP contribution in [0, 0.1) is 12.8 Å². The topological polar surface area (TPSA) is 61.4 Å². The first-order valence-corrected chi connectivity index (χ1v) is 10.5. The van der Waals surface area contributed by atoms with E-state index < -0.39 is 0 Å². The lowest BCUT2D eigenvalue weighted by atomic mass is 9.93. The van der Waals surface area contributed by atoms with Gasteiger partial charge in [-0.15, -0.1) is 0 Å². The number of hydrogen-bond donors (Lipinski definition) is 2.